The quantitative estimate of drug-likeness (QED) is 0.0742. The molecule has 9 atom stereocenters. The monoisotopic (exact) mass is 1020 g/mol. The van der Waals surface area contributed by atoms with Gasteiger partial charge in [-0.15, -0.1) is 0 Å². The third kappa shape index (κ3) is 15.0. The van der Waals surface area contributed by atoms with Gasteiger partial charge in [0.15, 0.2) is 0 Å². The second-order valence-corrected chi connectivity index (χ2v) is 21.2. The van der Waals surface area contributed by atoms with Crippen molar-refractivity contribution in [2.45, 2.75) is 162 Å². The summed E-state index contributed by atoms with van der Waals surface area (Å²) in [5.74, 6) is -3.06. The number of ether oxygens (including phenoxy) is 2. The number of hydrogen-bond donors (Lipinski definition) is 3. The van der Waals surface area contributed by atoms with Crippen molar-refractivity contribution in [1.82, 2.24) is 40.3 Å². The summed E-state index contributed by atoms with van der Waals surface area (Å²) < 4.78 is 12.2. The lowest BCUT2D eigenvalue weighted by Gasteiger charge is -2.41. The summed E-state index contributed by atoms with van der Waals surface area (Å²) in [4.78, 5) is 111. The SMILES string of the molecule is CCC(C)C(C(CC(=O)N1CCC[C@H]1C(OC)C(C)C(=O)NC(Cc1c[nH]c2ccccc12)C(=O)N1CCCCO1)OC)N(C)C(=O)C(NC(=O)C(C(C)C)N(C)CCCCCCN1C(=O)C=CC1=O)C(C)C. The number of aromatic amines is 1. The van der Waals surface area contributed by atoms with E-state index in [1.54, 1.807) is 38.0 Å². The maximum Gasteiger partial charge on any atom is 0.269 e. The van der Waals surface area contributed by atoms with Crippen molar-refractivity contribution in [2.24, 2.45) is 23.7 Å². The summed E-state index contributed by atoms with van der Waals surface area (Å²) in [6.07, 6.45) is 10.2. The highest BCUT2D eigenvalue weighted by atomic mass is 16.7. The van der Waals surface area contributed by atoms with Gasteiger partial charge in [-0.1, -0.05) is 85.9 Å². The van der Waals surface area contributed by atoms with E-state index in [4.69, 9.17) is 14.3 Å². The molecule has 18 nitrogen and oxygen atoms in total. The van der Waals surface area contributed by atoms with Crippen LogP contribution in [0.2, 0.25) is 0 Å². The first-order valence-electron chi connectivity index (χ1n) is 26.8. The zero-order chi connectivity index (χ0) is 53.5. The number of hydroxylamine groups is 2. The molecule has 2 fully saturated rings. The highest BCUT2D eigenvalue weighted by Gasteiger charge is 2.44. The molecule has 406 valence electrons. The van der Waals surface area contributed by atoms with Crippen LogP contribution in [-0.2, 0) is 54.3 Å². The number of H-pyrrole nitrogens is 1. The van der Waals surface area contributed by atoms with E-state index in [1.807, 2.05) is 84.0 Å². The van der Waals surface area contributed by atoms with Gasteiger partial charge >= 0.3 is 0 Å². The fraction of sp³-hybridized carbons (Fsp3) is 0.691. The number of para-hydroxylation sites is 1. The Morgan fingerprint density at radius 1 is 0.849 bits per heavy atom. The fourth-order valence-electron chi connectivity index (χ4n) is 11.0. The van der Waals surface area contributed by atoms with Crippen molar-refractivity contribution in [3.63, 3.8) is 0 Å². The number of unbranched alkanes of at least 4 members (excludes halogenated alkanes) is 3. The van der Waals surface area contributed by atoms with Gasteiger partial charge in [0.2, 0.25) is 23.6 Å². The van der Waals surface area contributed by atoms with Gasteiger partial charge in [0.1, 0.15) is 12.1 Å². The Labute approximate surface area is 433 Å². The van der Waals surface area contributed by atoms with Gasteiger partial charge in [-0.05, 0) is 81.5 Å². The van der Waals surface area contributed by atoms with Crippen LogP contribution in [0.15, 0.2) is 42.6 Å². The molecule has 2 aromatic rings. The Hall–Kier alpha value is -5.17. The molecule has 3 aliphatic rings. The summed E-state index contributed by atoms with van der Waals surface area (Å²) in [6, 6.07) is 4.61. The van der Waals surface area contributed by atoms with Crippen molar-refractivity contribution < 1.29 is 47.9 Å². The third-order valence-corrected chi connectivity index (χ3v) is 15.4. The number of amides is 7. The van der Waals surface area contributed by atoms with Gasteiger partial charge < -0.3 is 34.9 Å². The van der Waals surface area contributed by atoms with Gasteiger partial charge in [0, 0.05) is 76.6 Å². The number of nitrogens with zero attached hydrogens (tertiary/aromatic N) is 5. The van der Waals surface area contributed by atoms with Gasteiger partial charge in [-0.2, -0.15) is 0 Å². The first-order chi connectivity index (χ1) is 34.8. The molecule has 5 rings (SSSR count). The first kappa shape index (κ1) is 58.7. The summed E-state index contributed by atoms with van der Waals surface area (Å²) in [5.41, 5.74) is 1.82. The number of benzene rings is 1. The average Bonchev–Trinajstić information content (AvgIpc) is 4.11. The van der Waals surface area contributed by atoms with Crippen LogP contribution in [0.3, 0.4) is 0 Å². The molecule has 4 heterocycles. The predicted molar refractivity (Wildman–Crippen MR) is 279 cm³/mol. The molecule has 3 aliphatic heterocycles. The summed E-state index contributed by atoms with van der Waals surface area (Å²) >= 11 is 0. The van der Waals surface area contributed by atoms with E-state index in [0.717, 1.165) is 48.6 Å². The number of likely N-dealkylation sites (N-methyl/N-ethyl adjacent to an activating group) is 2. The molecule has 0 spiro atoms. The predicted octanol–water partition coefficient (Wildman–Crippen LogP) is 5.25. The minimum absolute atomic E-state index is 0.0295. The minimum atomic E-state index is -0.910. The molecule has 18 heteroatoms. The van der Waals surface area contributed by atoms with Crippen molar-refractivity contribution in [3.05, 3.63) is 48.2 Å². The lowest BCUT2D eigenvalue weighted by atomic mass is 9.89. The molecular weight excluding hydrogens is 933 g/mol. The van der Waals surface area contributed by atoms with E-state index in [2.05, 4.69) is 15.6 Å². The zero-order valence-electron chi connectivity index (χ0n) is 45.5. The van der Waals surface area contributed by atoms with Gasteiger partial charge in [-0.3, -0.25) is 48.2 Å². The largest absolute Gasteiger partial charge is 0.379 e. The van der Waals surface area contributed by atoms with Gasteiger partial charge in [0.05, 0.1) is 49.3 Å². The van der Waals surface area contributed by atoms with Crippen molar-refractivity contribution in [2.75, 3.05) is 61.1 Å². The number of fused-ring (bicyclic) bond motifs is 1. The summed E-state index contributed by atoms with van der Waals surface area (Å²) in [7, 11) is 6.74. The van der Waals surface area contributed by atoms with Crippen LogP contribution in [-0.4, -0.2) is 175 Å². The molecule has 0 bridgehead atoms. The van der Waals surface area contributed by atoms with Crippen LogP contribution >= 0.6 is 0 Å². The van der Waals surface area contributed by atoms with Gasteiger partial charge in [0.25, 0.3) is 17.7 Å². The van der Waals surface area contributed by atoms with E-state index < -0.39 is 48.3 Å². The van der Waals surface area contributed by atoms with Crippen LogP contribution in [0.5, 0.6) is 0 Å². The number of rotatable bonds is 28. The van der Waals surface area contributed by atoms with Crippen molar-refractivity contribution >= 4 is 52.3 Å². The number of carbonyl (C=O) groups is 7. The fourth-order valence-corrected chi connectivity index (χ4v) is 11.0. The van der Waals surface area contributed by atoms with Crippen LogP contribution in [0.1, 0.15) is 118 Å². The molecule has 0 saturated carbocycles. The molecule has 73 heavy (non-hydrogen) atoms. The minimum Gasteiger partial charge on any atom is -0.379 e. The number of hydrogen-bond acceptors (Lipinski definition) is 11. The lowest BCUT2D eigenvalue weighted by Crippen LogP contribution is -2.60. The molecule has 3 N–H and O–H groups in total. The second-order valence-electron chi connectivity index (χ2n) is 21.2. The van der Waals surface area contributed by atoms with Gasteiger partial charge in [-0.25, -0.2) is 5.06 Å². The van der Waals surface area contributed by atoms with Crippen LogP contribution in [0.4, 0.5) is 0 Å². The van der Waals surface area contributed by atoms with E-state index in [9.17, 15) is 33.6 Å². The number of nitrogens with one attached hydrogen (secondary N) is 3. The van der Waals surface area contributed by atoms with Crippen molar-refractivity contribution in [3.8, 4) is 0 Å². The molecule has 2 saturated heterocycles. The molecule has 1 aromatic carbocycles. The maximum atomic E-state index is 14.7. The smallest absolute Gasteiger partial charge is 0.269 e. The summed E-state index contributed by atoms with van der Waals surface area (Å²) in [6.45, 7) is 16.0. The third-order valence-electron chi connectivity index (χ3n) is 15.4. The Bertz CT molecular complexity index is 2190. The standard InChI is InChI=1S/C55H86N8O10/c1-12-37(6)50(60(9)55(70)48(35(2)3)58-53(68)49(36(4)5)59(8)27-17-13-14-18-28-62-45(64)25-26-46(62)65)44(71-10)33-47(66)61-29-21-24-43(61)51(72-11)38(7)52(67)57-42(54(69)63-30-19-20-31-73-63)32-39-34-56-41-23-16-15-22-40(39)41/h15-16,22-23,25-26,34-38,42-44,48-51,56H,12-14,17-21,24,27-33H2,1-11H3,(H,57,67)(H,58,68)/t37?,38?,42?,43-,44?,48?,49?,50?,51?/m0/s1. The van der Waals surface area contributed by atoms with E-state index in [1.165, 1.54) is 22.1 Å². The topological polar surface area (TPSA) is 203 Å². The Balaban J connectivity index is 1.23. The molecular formula is C55H86N8O10. The Morgan fingerprint density at radius 3 is 2.18 bits per heavy atom. The second kappa shape index (κ2) is 27.9. The highest BCUT2D eigenvalue weighted by molar-refractivity contribution is 6.12. The number of likely N-dealkylation sites (tertiary alicyclic amines) is 1. The highest BCUT2D eigenvalue weighted by Crippen LogP contribution is 2.30. The molecule has 0 radical (unpaired) electrons. The number of carbonyl (C=O) groups excluding carboxylic acids is 7. The Morgan fingerprint density at radius 2 is 1.55 bits per heavy atom. The maximum absolute atomic E-state index is 14.7. The first-order valence-corrected chi connectivity index (χ1v) is 26.8. The molecule has 0 aliphatic carbocycles. The van der Waals surface area contributed by atoms with E-state index in [0.29, 0.717) is 58.5 Å². The number of aromatic nitrogens is 1. The number of imide groups is 1. The molecule has 1 aromatic heterocycles. The zero-order valence-corrected chi connectivity index (χ0v) is 45.5. The molecule has 8 unspecified atom stereocenters. The normalized spacial score (nSPS) is 19.6. The lowest BCUT2D eigenvalue weighted by molar-refractivity contribution is -0.199. The molecule has 7 amide bonds. The summed E-state index contributed by atoms with van der Waals surface area (Å²) in [5, 5.41) is 8.51. The Kier molecular flexibility index (Phi) is 22.5. The van der Waals surface area contributed by atoms with Crippen molar-refractivity contribution in [1.29, 1.82) is 0 Å². The van der Waals surface area contributed by atoms with Crippen LogP contribution < -0.4 is 10.6 Å². The van der Waals surface area contributed by atoms with Crippen LogP contribution in [0.25, 0.3) is 10.9 Å². The van der Waals surface area contributed by atoms with Crippen LogP contribution in [0, 0.1) is 23.7 Å². The average molecular weight is 1020 g/mol. The van der Waals surface area contributed by atoms with E-state index >= 15 is 0 Å². The number of methoxy groups -OCH3 is 2. The van der Waals surface area contributed by atoms with E-state index in [-0.39, 0.29) is 71.9 Å².